The van der Waals surface area contributed by atoms with Crippen molar-refractivity contribution in [3.63, 3.8) is 0 Å². The van der Waals surface area contributed by atoms with Crippen LogP contribution in [0.2, 0.25) is 0 Å². The molecule has 2 aromatic rings. The van der Waals surface area contributed by atoms with Gasteiger partial charge in [-0.1, -0.05) is 73.1 Å². The summed E-state index contributed by atoms with van der Waals surface area (Å²) in [6, 6.07) is 9.18. The summed E-state index contributed by atoms with van der Waals surface area (Å²) in [5.41, 5.74) is 2.04. The number of likely N-dealkylation sites (N-methyl/N-ethyl adjacent to an activating group) is 2. The average Bonchev–Trinajstić information content (AvgIpc) is 3.62. The van der Waals surface area contributed by atoms with Crippen LogP contribution in [0.15, 0.2) is 36.5 Å². The number of aryl methyl sites for hydroxylation is 1. The van der Waals surface area contributed by atoms with Crippen LogP contribution in [-0.2, 0) is 30.3 Å². The van der Waals surface area contributed by atoms with E-state index in [-0.39, 0.29) is 78.6 Å². The average molecular weight is 751 g/mol. The Kier molecular flexibility index (Phi) is 17.7. The molecule has 1 saturated heterocycles. The largest absolute Gasteiger partial charge is 0.396 e. The van der Waals surface area contributed by atoms with Crippen molar-refractivity contribution in [3.05, 3.63) is 42.1 Å². The van der Waals surface area contributed by atoms with Crippen LogP contribution >= 0.6 is 0 Å². The summed E-state index contributed by atoms with van der Waals surface area (Å²) >= 11 is 0. The van der Waals surface area contributed by atoms with Gasteiger partial charge in [0.1, 0.15) is 5.78 Å². The van der Waals surface area contributed by atoms with E-state index in [1.165, 1.54) is 0 Å². The molecular weight excluding hydrogens is 681 g/mol. The van der Waals surface area contributed by atoms with Crippen LogP contribution < -0.4 is 0 Å². The number of methoxy groups -OCH3 is 1. The molecule has 1 aliphatic rings. The number of pyridine rings is 1. The number of rotatable bonds is 22. The highest BCUT2D eigenvalue weighted by Crippen LogP contribution is 2.33. The molecule has 54 heavy (non-hydrogen) atoms. The Morgan fingerprint density at radius 3 is 2.26 bits per heavy atom. The summed E-state index contributed by atoms with van der Waals surface area (Å²) in [7, 11) is 7.18. The minimum absolute atomic E-state index is 0.0213. The van der Waals surface area contributed by atoms with Crippen LogP contribution in [0, 0.1) is 35.5 Å². The fourth-order valence-electron chi connectivity index (χ4n) is 8.83. The lowest BCUT2D eigenvalue weighted by atomic mass is 9.82. The van der Waals surface area contributed by atoms with Crippen LogP contribution in [0.1, 0.15) is 99.0 Å². The van der Waals surface area contributed by atoms with Crippen molar-refractivity contribution in [1.29, 1.82) is 0 Å². The van der Waals surface area contributed by atoms with Crippen LogP contribution in [0.4, 0.5) is 0 Å². The summed E-state index contributed by atoms with van der Waals surface area (Å²) in [4.78, 5) is 65.6. The smallest absolute Gasteiger partial charge is 0.226 e. The van der Waals surface area contributed by atoms with Crippen molar-refractivity contribution in [3.8, 4) is 0 Å². The normalized spacial score (nSPS) is 18.8. The highest BCUT2D eigenvalue weighted by atomic mass is 16.5. The number of para-hydroxylation sites is 1. The van der Waals surface area contributed by atoms with Crippen molar-refractivity contribution in [2.24, 2.45) is 35.5 Å². The van der Waals surface area contributed by atoms with Gasteiger partial charge in [-0.15, -0.1) is 0 Å². The van der Waals surface area contributed by atoms with E-state index in [0.717, 1.165) is 42.1 Å². The SMILES string of the molecule is CC[C@H](C)C([C@@H](CC(=O)N1CCC[C@H]1[C@H](CO)[C@@H](C)C(=O)CCCc1cnc2ccccc2c1)OC)N(C)C(=O)[C@@H](CC(=O)[C@H](C(C)C)N(C)C)C(C)C. The number of aromatic nitrogens is 1. The lowest BCUT2D eigenvalue weighted by Crippen LogP contribution is -2.54. The van der Waals surface area contributed by atoms with Crippen LogP contribution in [-0.4, -0.2) is 114 Å². The first-order chi connectivity index (χ1) is 25.6. The number of nitrogens with zero attached hydrogens (tertiary/aromatic N) is 4. The van der Waals surface area contributed by atoms with E-state index in [4.69, 9.17) is 4.74 Å². The maximum Gasteiger partial charge on any atom is 0.226 e. The maximum absolute atomic E-state index is 14.3. The highest BCUT2D eigenvalue weighted by Gasteiger charge is 2.42. The number of hydrogen-bond acceptors (Lipinski definition) is 8. The van der Waals surface area contributed by atoms with Gasteiger partial charge in [-0.3, -0.25) is 29.1 Å². The minimum Gasteiger partial charge on any atom is -0.396 e. The Balaban J connectivity index is 1.71. The van der Waals surface area contributed by atoms with Crippen molar-refractivity contribution >= 4 is 34.3 Å². The van der Waals surface area contributed by atoms with Crippen LogP contribution in [0.3, 0.4) is 0 Å². The predicted molar refractivity (Wildman–Crippen MR) is 216 cm³/mol. The molecule has 0 saturated carbocycles. The molecule has 0 aliphatic carbocycles. The van der Waals surface area contributed by atoms with Gasteiger partial charge in [0.05, 0.1) is 30.1 Å². The second kappa shape index (κ2) is 21.2. The van der Waals surface area contributed by atoms with Gasteiger partial charge < -0.3 is 19.6 Å². The quantitative estimate of drug-likeness (QED) is 0.146. The monoisotopic (exact) mass is 751 g/mol. The number of carbonyl (C=O) groups is 4. The molecule has 0 spiro atoms. The topological polar surface area (TPSA) is 120 Å². The summed E-state index contributed by atoms with van der Waals surface area (Å²) in [6.45, 7) is 14.4. The first-order valence-corrected chi connectivity index (χ1v) is 20.3. The van der Waals surface area contributed by atoms with Crippen molar-refractivity contribution in [2.75, 3.05) is 41.4 Å². The third-order valence-electron chi connectivity index (χ3n) is 12.2. The number of aliphatic hydroxyl groups excluding tert-OH is 1. The minimum atomic E-state index is -0.576. The standard InChI is InChI=1S/C44H70N4O6/c1-12-30(6)43(47(10)44(53)34(28(2)3)24-39(51)42(29(4)5)46(8)9)40(54-11)25-41(52)48-22-16-20-37(48)35(27-49)31(7)38(50)21-15-17-32-23-33-18-13-14-19-36(33)45-26-32/h13-14,18-19,23,26,28-31,34-35,37,40,42-43,49H,12,15-17,20-22,24-25,27H2,1-11H3/t30-,31+,34-,35+,37-,40+,42-,43?/m0/s1. The van der Waals surface area contributed by atoms with Gasteiger partial charge in [0.25, 0.3) is 0 Å². The third kappa shape index (κ3) is 11.4. The van der Waals surface area contributed by atoms with Gasteiger partial charge in [-0.2, -0.15) is 0 Å². The van der Waals surface area contributed by atoms with E-state index >= 15 is 0 Å². The molecule has 0 bridgehead atoms. The summed E-state index contributed by atoms with van der Waals surface area (Å²) in [5.74, 6) is -1.25. The molecule has 2 heterocycles. The molecule has 10 heteroatoms. The third-order valence-corrected chi connectivity index (χ3v) is 12.2. The molecule has 10 nitrogen and oxygen atoms in total. The van der Waals surface area contributed by atoms with E-state index in [0.29, 0.717) is 19.4 Å². The molecular formula is C44H70N4O6. The first-order valence-electron chi connectivity index (χ1n) is 20.3. The molecule has 302 valence electrons. The van der Waals surface area contributed by atoms with Crippen LogP contribution in [0.5, 0.6) is 0 Å². The number of carbonyl (C=O) groups excluding carboxylic acids is 4. The maximum atomic E-state index is 14.3. The number of aliphatic hydroxyl groups is 1. The first kappa shape index (κ1) is 45.2. The molecule has 1 aromatic carbocycles. The zero-order valence-electron chi connectivity index (χ0n) is 35.1. The van der Waals surface area contributed by atoms with E-state index in [9.17, 15) is 24.3 Å². The van der Waals surface area contributed by atoms with E-state index in [2.05, 4.69) is 24.9 Å². The molecule has 3 rings (SSSR count). The van der Waals surface area contributed by atoms with Gasteiger partial charge in [0.2, 0.25) is 11.8 Å². The Bertz CT molecular complexity index is 1520. The number of Topliss-reactive ketones (excluding diaryl/α,β-unsaturated/α-hetero) is 2. The predicted octanol–water partition coefficient (Wildman–Crippen LogP) is 6.46. The Morgan fingerprint density at radius 2 is 1.67 bits per heavy atom. The van der Waals surface area contributed by atoms with Gasteiger partial charge in [0, 0.05) is 75.5 Å². The number of benzene rings is 1. The lowest BCUT2D eigenvalue weighted by Gasteiger charge is -2.41. The zero-order chi connectivity index (χ0) is 40.3. The Morgan fingerprint density at radius 1 is 0.981 bits per heavy atom. The molecule has 1 N–H and O–H groups in total. The molecule has 1 aromatic heterocycles. The van der Waals surface area contributed by atoms with E-state index in [1.54, 1.807) is 19.1 Å². The number of hydrogen-bond donors (Lipinski definition) is 1. The van der Waals surface area contributed by atoms with Crippen molar-refractivity contribution in [1.82, 2.24) is 19.7 Å². The number of ether oxygens (including phenoxy) is 1. The lowest BCUT2D eigenvalue weighted by molar-refractivity contribution is -0.148. The van der Waals surface area contributed by atoms with Gasteiger partial charge in [-0.05, 0) is 75.2 Å². The molecule has 1 fully saturated rings. The van der Waals surface area contributed by atoms with E-state index < -0.39 is 24.0 Å². The summed E-state index contributed by atoms with van der Waals surface area (Å²) in [6.07, 6.45) is 5.63. The second-order valence-electron chi connectivity index (χ2n) is 16.8. The van der Waals surface area contributed by atoms with Gasteiger partial charge in [0.15, 0.2) is 5.78 Å². The fourth-order valence-corrected chi connectivity index (χ4v) is 8.83. The fraction of sp³-hybridized carbons (Fsp3) is 0.705. The Hall–Kier alpha value is -3.21. The molecule has 1 unspecified atom stereocenters. The van der Waals surface area contributed by atoms with Crippen LogP contribution in [0.25, 0.3) is 10.9 Å². The molecule has 1 aliphatic heterocycles. The van der Waals surface area contributed by atoms with Gasteiger partial charge in [-0.25, -0.2) is 0 Å². The molecule has 8 atom stereocenters. The highest BCUT2D eigenvalue weighted by molar-refractivity contribution is 5.90. The molecule has 2 amide bonds. The summed E-state index contributed by atoms with van der Waals surface area (Å²) < 4.78 is 6.05. The number of likely N-dealkylation sites (tertiary alicyclic amines) is 1. The summed E-state index contributed by atoms with van der Waals surface area (Å²) in [5, 5.41) is 11.7. The molecule has 0 radical (unpaired) electrons. The van der Waals surface area contributed by atoms with E-state index in [1.807, 2.05) is 89.0 Å². The number of ketones is 2. The Labute approximate surface area is 325 Å². The number of fused-ring (bicyclic) bond motifs is 1. The van der Waals surface area contributed by atoms with Crippen molar-refractivity contribution < 1.29 is 29.0 Å². The van der Waals surface area contributed by atoms with Gasteiger partial charge >= 0.3 is 0 Å². The zero-order valence-corrected chi connectivity index (χ0v) is 35.1. The number of amides is 2. The second-order valence-corrected chi connectivity index (χ2v) is 16.8. The van der Waals surface area contributed by atoms with Crippen molar-refractivity contribution in [2.45, 2.75) is 124 Å².